The van der Waals surface area contributed by atoms with Gasteiger partial charge in [0.1, 0.15) is 5.76 Å². The first kappa shape index (κ1) is 7.68. The van der Waals surface area contributed by atoms with Crippen LogP contribution in [-0.2, 0) is 0 Å². The highest BCUT2D eigenvalue weighted by molar-refractivity contribution is 5.95. The zero-order chi connectivity index (χ0) is 9.71. The van der Waals surface area contributed by atoms with Crippen LogP contribution in [-0.4, -0.2) is 4.40 Å². The molecule has 2 nitrogen and oxygen atoms in total. The van der Waals surface area contributed by atoms with Crippen LogP contribution in [0.2, 0.25) is 0 Å². The van der Waals surface area contributed by atoms with E-state index in [-0.39, 0.29) is 0 Å². The maximum absolute atomic E-state index is 5.73. The Morgan fingerprint density at radius 2 is 2.07 bits per heavy atom. The van der Waals surface area contributed by atoms with Gasteiger partial charge in [0.05, 0.1) is 5.52 Å². The Balaban J connectivity index is 2.60. The van der Waals surface area contributed by atoms with Gasteiger partial charge in [-0.05, 0) is 31.5 Å². The average molecular weight is 185 g/mol. The number of aryl methyl sites for hydroxylation is 2. The molecular formula is C12H11NO. The maximum Gasteiger partial charge on any atom is 0.159 e. The lowest BCUT2D eigenvalue weighted by molar-refractivity contribution is 0.577. The second-order valence-corrected chi connectivity index (χ2v) is 3.65. The minimum atomic E-state index is 1.00. The van der Waals surface area contributed by atoms with Gasteiger partial charge in [-0.2, -0.15) is 0 Å². The largest absolute Gasteiger partial charge is 0.459 e. The summed E-state index contributed by atoms with van der Waals surface area (Å²) in [4.78, 5) is 0. The van der Waals surface area contributed by atoms with Gasteiger partial charge in [-0.3, -0.25) is 0 Å². The van der Waals surface area contributed by atoms with Crippen LogP contribution in [0.15, 0.2) is 35.0 Å². The summed E-state index contributed by atoms with van der Waals surface area (Å²) in [6, 6.07) is 6.13. The van der Waals surface area contributed by atoms with E-state index < -0.39 is 0 Å². The van der Waals surface area contributed by atoms with Crippen LogP contribution in [0.1, 0.15) is 11.3 Å². The van der Waals surface area contributed by atoms with E-state index in [4.69, 9.17) is 4.42 Å². The van der Waals surface area contributed by atoms with Gasteiger partial charge in [-0.25, -0.2) is 0 Å². The van der Waals surface area contributed by atoms with E-state index >= 15 is 0 Å². The van der Waals surface area contributed by atoms with Crippen molar-refractivity contribution in [3.63, 3.8) is 0 Å². The molecule has 3 aromatic heterocycles. The monoisotopic (exact) mass is 185 g/mol. The number of rotatable bonds is 0. The minimum Gasteiger partial charge on any atom is -0.459 e. The normalized spacial score (nSPS) is 11.6. The lowest BCUT2D eigenvalue weighted by atomic mass is 10.2. The lowest BCUT2D eigenvalue weighted by Crippen LogP contribution is -1.78. The second-order valence-electron chi connectivity index (χ2n) is 3.65. The van der Waals surface area contributed by atoms with E-state index in [1.54, 1.807) is 0 Å². The quantitative estimate of drug-likeness (QED) is 0.525. The molecule has 0 amide bonds. The summed E-state index contributed by atoms with van der Waals surface area (Å²) in [5.41, 5.74) is 3.38. The van der Waals surface area contributed by atoms with Crippen LogP contribution < -0.4 is 0 Å². The first-order chi connectivity index (χ1) is 6.77. The van der Waals surface area contributed by atoms with E-state index in [9.17, 15) is 0 Å². The molecule has 3 aromatic rings. The van der Waals surface area contributed by atoms with Crippen molar-refractivity contribution in [1.82, 2.24) is 4.40 Å². The molecule has 0 aliphatic rings. The van der Waals surface area contributed by atoms with E-state index in [2.05, 4.69) is 23.6 Å². The smallest absolute Gasteiger partial charge is 0.159 e. The summed E-state index contributed by atoms with van der Waals surface area (Å²) in [5.74, 6) is 1.02. The molecule has 0 radical (unpaired) electrons. The number of aromatic nitrogens is 1. The highest BCUT2D eigenvalue weighted by Gasteiger charge is 2.11. The second kappa shape index (κ2) is 2.41. The summed E-state index contributed by atoms with van der Waals surface area (Å²) in [5, 5.41) is 1.22. The molecule has 0 spiro atoms. The standard InChI is InChI=1S/C12H11NO/c1-8-9(2)14-12-10(8)7-13-6-4-3-5-11(12)13/h3-7H,1-2H3. The fraction of sp³-hybridized carbons (Fsp3) is 0.167. The molecule has 0 fully saturated rings. The molecule has 0 atom stereocenters. The van der Waals surface area contributed by atoms with Gasteiger partial charge in [0, 0.05) is 17.8 Å². The number of nitrogens with zero attached hydrogens (tertiary/aromatic N) is 1. The third-order valence-corrected chi connectivity index (χ3v) is 2.82. The first-order valence-corrected chi connectivity index (χ1v) is 4.73. The van der Waals surface area contributed by atoms with Crippen LogP contribution in [0.25, 0.3) is 16.5 Å². The molecule has 0 aliphatic carbocycles. The first-order valence-electron chi connectivity index (χ1n) is 4.73. The van der Waals surface area contributed by atoms with Crippen molar-refractivity contribution in [3.8, 4) is 0 Å². The third kappa shape index (κ3) is 0.803. The van der Waals surface area contributed by atoms with Crippen LogP contribution in [0, 0.1) is 13.8 Å². The maximum atomic E-state index is 5.73. The number of furan rings is 1. The van der Waals surface area contributed by atoms with Crippen molar-refractivity contribution in [2.75, 3.05) is 0 Å². The van der Waals surface area contributed by atoms with E-state index in [0.717, 1.165) is 16.9 Å². The summed E-state index contributed by atoms with van der Waals surface area (Å²) < 4.78 is 7.83. The van der Waals surface area contributed by atoms with Crippen molar-refractivity contribution < 1.29 is 4.42 Å². The van der Waals surface area contributed by atoms with Gasteiger partial charge in [0.25, 0.3) is 0 Å². The summed E-state index contributed by atoms with van der Waals surface area (Å²) in [6.07, 6.45) is 4.16. The molecule has 3 heterocycles. The number of fused-ring (bicyclic) bond motifs is 3. The Bertz CT molecular complexity index is 616. The van der Waals surface area contributed by atoms with Gasteiger partial charge in [0.15, 0.2) is 5.58 Å². The fourth-order valence-electron chi connectivity index (χ4n) is 1.89. The average Bonchev–Trinajstić information content (AvgIpc) is 2.67. The predicted molar refractivity (Wildman–Crippen MR) is 56.6 cm³/mol. The van der Waals surface area contributed by atoms with Crippen molar-refractivity contribution in [3.05, 3.63) is 41.9 Å². The summed E-state index contributed by atoms with van der Waals surface area (Å²) in [6.45, 7) is 4.11. The Morgan fingerprint density at radius 3 is 2.93 bits per heavy atom. The molecule has 0 N–H and O–H groups in total. The van der Waals surface area contributed by atoms with Crippen LogP contribution in [0.4, 0.5) is 0 Å². The SMILES string of the molecule is Cc1oc2c(cn3ccccc23)c1C. The topological polar surface area (TPSA) is 17.6 Å². The molecule has 0 unspecified atom stereocenters. The van der Waals surface area contributed by atoms with Gasteiger partial charge in [-0.15, -0.1) is 0 Å². The van der Waals surface area contributed by atoms with E-state index in [1.165, 1.54) is 10.9 Å². The van der Waals surface area contributed by atoms with Crippen LogP contribution in [0.5, 0.6) is 0 Å². The zero-order valence-corrected chi connectivity index (χ0v) is 8.24. The van der Waals surface area contributed by atoms with Gasteiger partial charge in [0.2, 0.25) is 0 Å². The van der Waals surface area contributed by atoms with E-state index in [1.807, 2.05) is 25.3 Å². The molecule has 70 valence electrons. The zero-order valence-electron chi connectivity index (χ0n) is 8.24. The molecule has 2 heteroatoms. The molecule has 3 rings (SSSR count). The Hall–Kier alpha value is -1.70. The molecular weight excluding hydrogens is 174 g/mol. The predicted octanol–water partition coefficient (Wildman–Crippen LogP) is 3.30. The Kier molecular flexibility index (Phi) is 1.32. The van der Waals surface area contributed by atoms with E-state index in [0.29, 0.717) is 0 Å². The van der Waals surface area contributed by atoms with Crippen molar-refractivity contribution in [2.24, 2.45) is 0 Å². The van der Waals surface area contributed by atoms with Gasteiger partial charge >= 0.3 is 0 Å². The Labute approximate surface area is 81.8 Å². The number of hydrogen-bond donors (Lipinski definition) is 0. The third-order valence-electron chi connectivity index (χ3n) is 2.82. The van der Waals surface area contributed by atoms with Crippen molar-refractivity contribution >= 4 is 16.5 Å². The number of pyridine rings is 1. The fourth-order valence-corrected chi connectivity index (χ4v) is 1.89. The summed E-state index contributed by atoms with van der Waals surface area (Å²) in [7, 11) is 0. The Morgan fingerprint density at radius 1 is 1.21 bits per heavy atom. The molecule has 0 bridgehead atoms. The van der Waals surface area contributed by atoms with Crippen molar-refractivity contribution in [1.29, 1.82) is 0 Å². The highest BCUT2D eigenvalue weighted by Crippen LogP contribution is 2.29. The molecule has 0 aliphatic heterocycles. The molecule has 0 saturated carbocycles. The molecule has 14 heavy (non-hydrogen) atoms. The van der Waals surface area contributed by atoms with Gasteiger partial charge < -0.3 is 8.82 Å². The van der Waals surface area contributed by atoms with Gasteiger partial charge in [-0.1, -0.05) is 6.07 Å². The lowest BCUT2D eigenvalue weighted by Gasteiger charge is -1.91. The van der Waals surface area contributed by atoms with Crippen molar-refractivity contribution in [2.45, 2.75) is 13.8 Å². The molecule has 0 aromatic carbocycles. The minimum absolute atomic E-state index is 1.00. The summed E-state index contributed by atoms with van der Waals surface area (Å²) >= 11 is 0. The molecule has 0 saturated heterocycles. The highest BCUT2D eigenvalue weighted by atomic mass is 16.3. The van der Waals surface area contributed by atoms with Crippen LogP contribution >= 0.6 is 0 Å². The van der Waals surface area contributed by atoms with Crippen LogP contribution in [0.3, 0.4) is 0 Å². The number of hydrogen-bond acceptors (Lipinski definition) is 1.